The molecular formula is C32H32N6O2S. The van der Waals surface area contributed by atoms with Crippen LogP contribution in [-0.4, -0.2) is 45.1 Å². The fourth-order valence-corrected chi connectivity index (χ4v) is 6.59. The van der Waals surface area contributed by atoms with E-state index < -0.39 is 10.0 Å². The Hall–Kier alpha value is -4.52. The van der Waals surface area contributed by atoms with E-state index in [1.807, 2.05) is 92.3 Å². The molecule has 41 heavy (non-hydrogen) atoms. The topological polar surface area (TPSA) is 96.8 Å². The molecule has 0 spiro atoms. The monoisotopic (exact) mass is 564 g/mol. The molecule has 5 rings (SSSR count). The molecule has 0 saturated heterocycles. The summed E-state index contributed by atoms with van der Waals surface area (Å²) in [4.78, 5) is 4.93. The minimum atomic E-state index is -3.69. The summed E-state index contributed by atoms with van der Waals surface area (Å²) in [6.07, 6.45) is 5.08. The third kappa shape index (κ3) is 5.57. The van der Waals surface area contributed by atoms with Gasteiger partial charge < -0.3 is 4.57 Å². The van der Waals surface area contributed by atoms with Crippen LogP contribution < -0.4 is 0 Å². The quantitative estimate of drug-likeness (QED) is 0.185. The number of nitriles is 1. The lowest BCUT2D eigenvalue weighted by Gasteiger charge is -2.21. The van der Waals surface area contributed by atoms with Gasteiger partial charge in [0.2, 0.25) is 10.0 Å². The molecule has 3 aromatic carbocycles. The SMILES string of the molecule is CCCN(CCC)S(=O)(=O)c1cccc(-c2nn(-c3ccccc3)cc2/C=C(/C#N)c2nc3ccccc3n2C)c1. The molecule has 0 aliphatic rings. The van der Waals surface area contributed by atoms with Crippen molar-refractivity contribution in [2.24, 2.45) is 7.05 Å². The highest BCUT2D eigenvalue weighted by Crippen LogP contribution is 2.30. The van der Waals surface area contributed by atoms with Gasteiger partial charge >= 0.3 is 0 Å². The van der Waals surface area contributed by atoms with Gasteiger partial charge in [0.25, 0.3) is 0 Å². The van der Waals surface area contributed by atoms with E-state index in [9.17, 15) is 13.7 Å². The number of sulfonamides is 1. The van der Waals surface area contributed by atoms with E-state index >= 15 is 0 Å². The van der Waals surface area contributed by atoms with Crippen molar-refractivity contribution in [3.63, 3.8) is 0 Å². The number of nitrogens with zero attached hydrogens (tertiary/aromatic N) is 6. The average molecular weight is 565 g/mol. The molecule has 2 aromatic heterocycles. The number of allylic oxidation sites excluding steroid dienone is 1. The number of aromatic nitrogens is 4. The second-order valence-corrected chi connectivity index (χ2v) is 11.7. The third-order valence-corrected chi connectivity index (χ3v) is 8.80. The van der Waals surface area contributed by atoms with Crippen LogP contribution in [0.25, 0.3) is 39.6 Å². The molecule has 0 fully saturated rings. The molecule has 0 amide bonds. The molecule has 0 unspecified atom stereocenters. The molecule has 0 bridgehead atoms. The lowest BCUT2D eigenvalue weighted by Crippen LogP contribution is -2.32. The Kier molecular flexibility index (Phi) is 8.15. The normalized spacial score (nSPS) is 12.2. The second-order valence-electron chi connectivity index (χ2n) is 9.80. The van der Waals surface area contributed by atoms with Crippen LogP contribution in [-0.2, 0) is 17.1 Å². The molecule has 0 N–H and O–H groups in total. The molecule has 2 heterocycles. The van der Waals surface area contributed by atoms with Gasteiger partial charge in [0, 0.05) is 37.5 Å². The van der Waals surface area contributed by atoms with Gasteiger partial charge in [-0.05, 0) is 55.3 Å². The number of rotatable bonds is 10. The molecule has 0 aliphatic heterocycles. The molecular weight excluding hydrogens is 532 g/mol. The molecule has 0 aliphatic carbocycles. The zero-order valence-electron chi connectivity index (χ0n) is 23.4. The summed E-state index contributed by atoms with van der Waals surface area (Å²) in [7, 11) is -1.80. The van der Waals surface area contributed by atoms with Gasteiger partial charge in [-0.2, -0.15) is 14.7 Å². The van der Waals surface area contributed by atoms with E-state index in [2.05, 4.69) is 6.07 Å². The van der Waals surface area contributed by atoms with Crippen LogP contribution in [0.2, 0.25) is 0 Å². The van der Waals surface area contributed by atoms with Crippen molar-refractivity contribution >= 4 is 32.7 Å². The molecule has 0 saturated carbocycles. The molecule has 5 aromatic rings. The number of para-hydroxylation sites is 3. The summed E-state index contributed by atoms with van der Waals surface area (Å²) >= 11 is 0. The van der Waals surface area contributed by atoms with Crippen molar-refractivity contribution in [1.82, 2.24) is 23.6 Å². The number of fused-ring (bicyclic) bond motifs is 1. The van der Waals surface area contributed by atoms with Crippen LogP contribution in [0.4, 0.5) is 0 Å². The largest absolute Gasteiger partial charge is 0.327 e. The van der Waals surface area contributed by atoms with Crippen LogP contribution in [0.1, 0.15) is 38.1 Å². The first-order valence-electron chi connectivity index (χ1n) is 13.7. The number of imidazole rings is 1. The smallest absolute Gasteiger partial charge is 0.243 e. The maximum Gasteiger partial charge on any atom is 0.243 e. The van der Waals surface area contributed by atoms with Gasteiger partial charge in [-0.25, -0.2) is 18.1 Å². The zero-order chi connectivity index (χ0) is 29.0. The van der Waals surface area contributed by atoms with Crippen molar-refractivity contribution in [1.29, 1.82) is 5.26 Å². The van der Waals surface area contributed by atoms with E-state index in [1.54, 1.807) is 29.0 Å². The summed E-state index contributed by atoms with van der Waals surface area (Å²) in [6.45, 7) is 4.86. The Morgan fingerprint density at radius 2 is 1.68 bits per heavy atom. The van der Waals surface area contributed by atoms with Gasteiger partial charge in [0.15, 0.2) is 5.82 Å². The Morgan fingerprint density at radius 1 is 0.976 bits per heavy atom. The fourth-order valence-electron chi connectivity index (χ4n) is 4.92. The standard InChI is InChI=1S/C32H32N6O2S/c1-4-18-37(19-5-2)41(39,40)28-15-11-12-24(21-28)31-26(23-38(35-31)27-13-7-6-8-14-27)20-25(22-33)32-34-29-16-9-10-17-30(29)36(32)3/h6-17,20-21,23H,4-5,18-19H2,1-3H3/b25-20-. The summed E-state index contributed by atoms with van der Waals surface area (Å²) < 4.78 is 32.3. The molecule has 0 radical (unpaired) electrons. The van der Waals surface area contributed by atoms with Crippen LogP contribution in [0.3, 0.4) is 0 Å². The highest BCUT2D eigenvalue weighted by molar-refractivity contribution is 7.89. The van der Waals surface area contributed by atoms with E-state index in [0.717, 1.165) is 29.6 Å². The Bertz CT molecular complexity index is 1860. The lowest BCUT2D eigenvalue weighted by molar-refractivity contribution is 0.410. The summed E-state index contributed by atoms with van der Waals surface area (Å²) in [5, 5.41) is 15.1. The number of benzene rings is 3. The zero-order valence-corrected chi connectivity index (χ0v) is 24.2. The number of hydrogen-bond acceptors (Lipinski definition) is 5. The van der Waals surface area contributed by atoms with E-state index in [1.165, 1.54) is 4.31 Å². The maximum absolute atomic E-state index is 13.6. The van der Waals surface area contributed by atoms with Gasteiger partial charge in [-0.1, -0.05) is 56.3 Å². The van der Waals surface area contributed by atoms with Crippen LogP contribution in [0, 0.1) is 11.3 Å². The van der Waals surface area contributed by atoms with Crippen LogP contribution in [0.15, 0.2) is 90.0 Å². The van der Waals surface area contributed by atoms with Gasteiger partial charge in [-0.3, -0.25) is 0 Å². The molecule has 9 heteroatoms. The first-order valence-corrected chi connectivity index (χ1v) is 15.1. The average Bonchev–Trinajstić information content (AvgIpc) is 3.57. The Morgan fingerprint density at radius 3 is 2.37 bits per heavy atom. The maximum atomic E-state index is 13.6. The number of hydrogen-bond donors (Lipinski definition) is 0. The Labute approximate surface area is 240 Å². The van der Waals surface area contributed by atoms with Crippen molar-refractivity contribution in [2.45, 2.75) is 31.6 Å². The second kappa shape index (κ2) is 11.9. The Balaban J connectivity index is 1.66. The van der Waals surface area contributed by atoms with Crippen LogP contribution in [0.5, 0.6) is 0 Å². The third-order valence-electron chi connectivity index (χ3n) is 6.90. The molecule has 8 nitrogen and oxygen atoms in total. The van der Waals surface area contributed by atoms with Gasteiger partial charge in [0.05, 0.1) is 27.2 Å². The van der Waals surface area contributed by atoms with E-state index in [-0.39, 0.29) is 4.90 Å². The highest BCUT2D eigenvalue weighted by Gasteiger charge is 2.24. The minimum absolute atomic E-state index is 0.219. The molecule has 0 atom stereocenters. The van der Waals surface area contributed by atoms with E-state index in [0.29, 0.717) is 41.3 Å². The van der Waals surface area contributed by atoms with Crippen molar-refractivity contribution in [3.05, 3.63) is 96.4 Å². The van der Waals surface area contributed by atoms with E-state index in [4.69, 9.17) is 10.1 Å². The van der Waals surface area contributed by atoms with Gasteiger partial charge in [-0.15, -0.1) is 0 Å². The first kappa shape index (κ1) is 28.0. The highest BCUT2D eigenvalue weighted by atomic mass is 32.2. The predicted octanol–water partition coefficient (Wildman–Crippen LogP) is 6.30. The van der Waals surface area contributed by atoms with Crippen molar-refractivity contribution < 1.29 is 8.42 Å². The fraction of sp³-hybridized carbons (Fsp3) is 0.219. The molecule has 208 valence electrons. The van der Waals surface area contributed by atoms with Gasteiger partial charge in [0.1, 0.15) is 11.8 Å². The minimum Gasteiger partial charge on any atom is -0.327 e. The van der Waals surface area contributed by atoms with Crippen molar-refractivity contribution in [2.75, 3.05) is 13.1 Å². The summed E-state index contributed by atoms with van der Waals surface area (Å²) in [6, 6.07) is 26.6. The van der Waals surface area contributed by atoms with Crippen LogP contribution >= 0.6 is 0 Å². The number of aryl methyl sites for hydroxylation is 1. The first-order chi connectivity index (χ1) is 19.9. The summed E-state index contributed by atoms with van der Waals surface area (Å²) in [5.41, 5.74) is 4.82. The predicted molar refractivity (Wildman–Crippen MR) is 163 cm³/mol. The van der Waals surface area contributed by atoms with Crippen molar-refractivity contribution in [3.8, 4) is 23.0 Å². The lowest BCUT2D eigenvalue weighted by atomic mass is 10.1. The summed E-state index contributed by atoms with van der Waals surface area (Å²) in [5.74, 6) is 0.540.